The van der Waals surface area contributed by atoms with Gasteiger partial charge >= 0.3 is 5.69 Å². The summed E-state index contributed by atoms with van der Waals surface area (Å²) in [6, 6.07) is 9.84. The Bertz CT molecular complexity index is 659. The molecule has 2 rings (SSSR count). The molecule has 0 spiro atoms. The first-order valence-electron chi connectivity index (χ1n) is 5.92. The van der Waals surface area contributed by atoms with Gasteiger partial charge in [-0.2, -0.15) is 0 Å². The van der Waals surface area contributed by atoms with Crippen LogP contribution in [0.3, 0.4) is 0 Å². The van der Waals surface area contributed by atoms with E-state index < -0.39 is 4.92 Å². The van der Waals surface area contributed by atoms with E-state index in [4.69, 9.17) is 22.1 Å². The summed E-state index contributed by atoms with van der Waals surface area (Å²) >= 11 is 6.07. The number of nitro groups is 1. The first-order valence-corrected chi connectivity index (χ1v) is 6.30. The molecule has 0 fully saturated rings. The van der Waals surface area contributed by atoms with Gasteiger partial charge < -0.3 is 10.5 Å². The van der Waals surface area contributed by atoms with Crippen molar-refractivity contribution < 1.29 is 9.66 Å². The van der Waals surface area contributed by atoms with Crippen molar-refractivity contribution in [3.8, 4) is 11.5 Å². The molecule has 0 atom stereocenters. The van der Waals surface area contributed by atoms with Gasteiger partial charge in [-0.3, -0.25) is 10.1 Å². The molecular formula is C14H13ClN2O3. The van der Waals surface area contributed by atoms with Crippen LogP contribution in [0.15, 0.2) is 36.4 Å². The molecule has 0 amide bonds. The van der Waals surface area contributed by atoms with Gasteiger partial charge in [-0.15, -0.1) is 0 Å². The third kappa shape index (κ3) is 3.07. The summed E-state index contributed by atoms with van der Waals surface area (Å²) in [5.74, 6) is 0.513. The lowest BCUT2D eigenvalue weighted by Gasteiger charge is -2.09. The Morgan fingerprint density at radius 1 is 1.25 bits per heavy atom. The summed E-state index contributed by atoms with van der Waals surface area (Å²) in [5, 5.41) is 11.4. The molecule has 2 aromatic rings. The van der Waals surface area contributed by atoms with Crippen LogP contribution in [0.2, 0.25) is 5.02 Å². The summed E-state index contributed by atoms with van der Waals surface area (Å²) in [4.78, 5) is 10.5. The highest BCUT2D eigenvalue weighted by Gasteiger charge is 2.17. The number of benzene rings is 2. The van der Waals surface area contributed by atoms with Crippen LogP contribution < -0.4 is 10.5 Å². The summed E-state index contributed by atoms with van der Waals surface area (Å²) in [6.07, 6.45) is 0. The summed E-state index contributed by atoms with van der Waals surface area (Å²) in [6.45, 7) is 2.14. The SMILES string of the molecule is Cc1ccc(Oc2ccc(CN)cc2Cl)c([N+](=O)[O-])c1. The zero-order chi connectivity index (χ0) is 14.7. The maximum Gasteiger partial charge on any atom is 0.311 e. The number of aryl methyl sites for hydroxylation is 1. The van der Waals surface area contributed by atoms with Crippen LogP contribution in [0.25, 0.3) is 0 Å². The number of halogens is 1. The average molecular weight is 293 g/mol. The fraction of sp³-hybridized carbons (Fsp3) is 0.143. The van der Waals surface area contributed by atoms with E-state index in [0.29, 0.717) is 17.3 Å². The lowest BCUT2D eigenvalue weighted by molar-refractivity contribution is -0.385. The number of rotatable bonds is 4. The molecule has 0 saturated heterocycles. The van der Waals surface area contributed by atoms with Crippen molar-refractivity contribution in [3.05, 3.63) is 62.7 Å². The monoisotopic (exact) mass is 292 g/mol. The molecule has 20 heavy (non-hydrogen) atoms. The van der Waals surface area contributed by atoms with E-state index in [1.165, 1.54) is 6.07 Å². The third-order valence-electron chi connectivity index (χ3n) is 2.76. The van der Waals surface area contributed by atoms with E-state index in [9.17, 15) is 10.1 Å². The first kappa shape index (κ1) is 14.3. The number of nitrogens with zero attached hydrogens (tertiary/aromatic N) is 1. The van der Waals surface area contributed by atoms with Crippen LogP contribution >= 0.6 is 11.6 Å². The van der Waals surface area contributed by atoms with Crippen molar-refractivity contribution in [3.63, 3.8) is 0 Å². The molecule has 2 N–H and O–H groups in total. The third-order valence-corrected chi connectivity index (χ3v) is 3.06. The fourth-order valence-corrected chi connectivity index (χ4v) is 1.97. The topological polar surface area (TPSA) is 78.4 Å². The number of hydrogen-bond donors (Lipinski definition) is 1. The minimum atomic E-state index is -0.482. The van der Waals surface area contributed by atoms with E-state index in [0.717, 1.165) is 11.1 Å². The predicted octanol–water partition coefficient (Wildman–Crippen LogP) is 3.81. The van der Waals surface area contributed by atoms with Gasteiger partial charge in [0.2, 0.25) is 5.75 Å². The van der Waals surface area contributed by atoms with E-state index in [1.54, 1.807) is 37.3 Å². The first-order chi connectivity index (χ1) is 9.51. The zero-order valence-electron chi connectivity index (χ0n) is 10.8. The van der Waals surface area contributed by atoms with Gasteiger partial charge in [-0.05, 0) is 36.2 Å². The van der Waals surface area contributed by atoms with Gasteiger partial charge in [-0.1, -0.05) is 23.7 Å². The second kappa shape index (κ2) is 5.90. The van der Waals surface area contributed by atoms with Crippen LogP contribution in [0.1, 0.15) is 11.1 Å². The Kier molecular flexibility index (Phi) is 4.22. The van der Waals surface area contributed by atoms with Crippen molar-refractivity contribution >= 4 is 17.3 Å². The Labute approximate surface area is 121 Å². The van der Waals surface area contributed by atoms with E-state index in [2.05, 4.69) is 0 Å². The standard InChI is InChI=1S/C14H13ClN2O3/c1-9-2-4-14(12(6-9)17(18)19)20-13-5-3-10(8-16)7-11(13)15/h2-7H,8,16H2,1H3. The van der Waals surface area contributed by atoms with Gasteiger partial charge in [0, 0.05) is 12.6 Å². The highest BCUT2D eigenvalue weighted by atomic mass is 35.5. The number of ether oxygens (including phenoxy) is 1. The molecule has 5 nitrogen and oxygen atoms in total. The number of hydrogen-bond acceptors (Lipinski definition) is 4. The molecule has 0 unspecified atom stereocenters. The smallest absolute Gasteiger partial charge is 0.311 e. The molecule has 2 aromatic carbocycles. The van der Waals surface area contributed by atoms with E-state index >= 15 is 0 Å². The minimum Gasteiger partial charge on any atom is -0.449 e. The minimum absolute atomic E-state index is 0.0935. The largest absolute Gasteiger partial charge is 0.449 e. The Morgan fingerprint density at radius 2 is 1.95 bits per heavy atom. The highest BCUT2D eigenvalue weighted by molar-refractivity contribution is 6.32. The summed E-state index contributed by atoms with van der Waals surface area (Å²) < 4.78 is 5.54. The average Bonchev–Trinajstić information content (AvgIpc) is 2.42. The quantitative estimate of drug-likeness (QED) is 0.686. The maximum absolute atomic E-state index is 11.0. The molecular weight excluding hydrogens is 280 g/mol. The molecule has 0 aliphatic heterocycles. The van der Waals surface area contributed by atoms with E-state index in [1.807, 2.05) is 0 Å². The normalized spacial score (nSPS) is 10.3. The van der Waals surface area contributed by atoms with Crippen molar-refractivity contribution in [1.82, 2.24) is 0 Å². The van der Waals surface area contributed by atoms with Gasteiger partial charge in [-0.25, -0.2) is 0 Å². The second-order valence-electron chi connectivity index (χ2n) is 4.30. The molecule has 0 aromatic heterocycles. The molecule has 0 bridgehead atoms. The summed E-state index contributed by atoms with van der Waals surface area (Å²) in [5.41, 5.74) is 7.07. The second-order valence-corrected chi connectivity index (χ2v) is 4.71. The zero-order valence-corrected chi connectivity index (χ0v) is 11.6. The fourth-order valence-electron chi connectivity index (χ4n) is 1.73. The maximum atomic E-state index is 11.0. The van der Waals surface area contributed by atoms with Gasteiger partial charge in [0.1, 0.15) is 5.75 Å². The van der Waals surface area contributed by atoms with Crippen LogP contribution in [-0.2, 0) is 6.54 Å². The molecule has 6 heteroatoms. The van der Waals surface area contributed by atoms with Crippen LogP contribution in [0, 0.1) is 17.0 Å². The van der Waals surface area contributed by atoms with E-state index in [-0.39, 0.29) is 11.4 Å². The number of nitro benzene ring substituents is 1. The van der Waals surface area contributed by atoms with Crippen molar-refractivity contribution in [1.29, 1.82) is 0 Å². The lowest BCUT2D eigenvalue weighted by Crippen LogP contribution is -1.97. The molecule has 0 heterocycles. The highest BCUT2D eigenvalue weighted by Crippen LogP contribution is 2.35. The van der Waals surface area contributed by atoms with Gasteiger partial charge in [0.05, 0.1) is 9.95 Å². The van der Waals surface area contributed by atoms with Crippen molar-refractivity contribution in [2.24, 2.45) is 5.73 Å². The van der Waals surface area contributed by atoms with Crippen LogP contribution in [-0.4, -0.2) is 4.92 Å². The molecule has 0 radical (unpaired) electrons. The van der Waals surface area contributed by atoms with Crippen molar-refractivity contribution in [2.75, 3.05) is 0 Å². The Balaban J connectivity index is 2.37. The lowest BCUT2D eigenvalue weighted by atomic mass is 10.2. The molecule has 0 aliphatic carbocycles. The Hall–Kier alpha value is -2.11. The molecule has 104 valence electrons. The van der Waals surface area contributed by atoms with Crippen LogP contribution in [0.5, 0.6) is 11.5 Å². The predicted molar refractivity (Wildman–Crippen MR) is 77.3 cm³/mol. The van der Waals surface area contributed by atoms with Crippen molar-refractivity contribution in [2.45, 2.75) is 13.5 Å². The molecule has 0 aliphatic rings. The van der Waals surface area contributed by atoms with Crippen LogP contribution in [0.4, 0.5) is 5.69 Å². The summed E-state index contributed by atoms with van der Waals surface area (Å²) in [7, 11) is 0. The van der Waals surface area contributed by atoms with Gasteiger partial charge in [0.25, 0.3) is 0 Å². The van der Waals surface area contributed by atoms with Gasteiger partial charge in [0.15, 0.2) is 0 Å². The molecule has 0 saturated carbocycles. The number of nitrogens with two attached hydrogens (primary N) is 1. The Morgan fingerprint density at radius 3 is 2.55 bits per heavy atom.